The Balaban J connectivity index is 2.08. The Bertz CT molecular complexity index is 381. The van der Waals surface area contributed by atoms with Crippen molar-refractivity contribution < 1.29 is 27.2 Å². The van der Waals surface area contributed by atoms with Gasteiger partial charge in [0.1, 0.15) is 5.75 Å². The summed E-state index contributed by atoms with van der Waals surface area (Å²) >= 11 is -2.28. The molecule has 0 fully saturated rings. The first kappa shape index (κ1) is 17.1. The molecular formula is C13H20O6S. The highest BCUT2D eigenvalue weighted by Gasteiger charge is 1.99. The SMILES string of the molecule is COCCOCCOCCc1ccc(OS(=O)O)cc1. The van der Waals surface area contributed by atoms with Crippen LogP contribution >= 0.6 is 0 Å². The van der Waals surface area contributed by atoms with Crippen molar-refractivity contribution in [3.05, 3.63) is 29.8 Å². The van der Waals surface area contributed by atoms with Crippen LogP contribution < -0.4 is 4.18 Å². The van der Waals surface area contributed by atoms with Crippen LogP contribution in [0.1, 0.15) is 5.56 Å². The molecule has 0 saturated carbocycles. The zero-order valence-electron chi connectivity index (χ0n) is 11.4. The van der Waals surface area contributed by atoms with Crippen LogP contribution in [0.2, 0.25) is 0 Å². The van der Waals surface area contributed by atoms with E-state index in [4.69, 9.17) is 18.8 Å². The summed E-state index contributed by atoms with van der Waals surface area (Å²) in [5.41, 5.74) is 1.07. The number of hydrogen-bond donors (Lipinski definition) is 1. The van der Waals surface area contributed by atoms with Gasteiger partial charge >= 0.3 is 11.4 Å². The Morgan fingerprint density at radius 3 is 2.20 bits per heavy atom. The van der Waals surface area contributed by atoms with Crippen molar-refractivity contribution in [1.29, 1.82) is 0 Å². The molecule has 1 aromatic carbocycles. The van der Waals surface area contributed by atoms with Gasteiger partial charge in [0.25, 0.3) is 0 Å². The predicted molar refractivity (Wildman–Crippen MR) is 75.1 cm³/mol. The van der Waals surface area contributed by atoms with Gasteiger partial charge in [-0.1, -0.05) is 12.1 Å². The molecule has 114 valence electrons. The molecule has 6 nitrogen and oxygen atoms in total. The van der Waals surface area contributed by atoms with E-state index in [0.717, 1.165) is 12.0 Å². The molecule has 0 aliphatic rings. The van der Waals surface area contributed by atoms with Gasteiger partial charge in [0.05, 0.1) is 33.0 Å². The highest BCUT2D eigenvalue weighted by atomic mass is 32.2. The van der Waals surface area contributed by atoms with Crippen LogP contribution in [-0.2, 0) is 32.0 Å². The van der Waals surface area contributed by atoms with E-state index in [1.165, 1.54) is 0 Å². The summed E-state index contributed by atoms with van der Waals surface area (Å²) in [4.78, 5) is 0. The predicted octanol–water partition coefficient (Wildman–Crippen LogP) is 1.42. The van der Waals surface area contributed by atoms with Crippen LogP contribution in [0.4, 0.5) is 0 Å². The van der Waals surface area contributed by atoms with Gasteiger partial charge < -0.3 is 18.4 Å². The van der Waals surface area contributed by atoms with Crippen LogP contribution in [0.5, 0.6) is 5.75 Å². The summed E-state index contributed by atoms with van der Waals surface area (Å²) in [6.07, 6.45) is 0.764. The maximum absolute atomic E-state index is 10.4. The maximum atomic E-state index is 10.4. The normalized spacial score (nSPS) is 12.3. The van der Waals surface area contributed by atoms with E-state index in [2.05, 4.69) is 4.18 Å². The van der Waals surface area contributed by atoms with Crippen molar-refractivity contribution in [1.82, 2.24) is 0 Å². The molecule has 0 spiro atoms. The van der Waals surface area contributed by atoms with E-state index >= 15 is 0 Å². The van der Waals surface area contributed by atoms with Gasteiger partial charge in [-0.25, -0.2) is 0 Å². The highest BCUT2D eigenvalue weighted by molar-refractivity contribution is 7.74. The molecule has 0 bridgehead atoms. The summed E-state index contributed by atoms with van der Waals surface area (Å²) in [5.74, 6) is 0.363. The Hall–Kier alpha value is -0.990. The lowest BCUT2D eigenvalue weighted by molar-refractivity contribution is 0.0255. The average molecular weight is 304 g/mol. The first-order valence-corrected chi connectivity index (χ1v) is 7.28. The van der Waals surface area contributed by atoms with E-state index in [9.17, 15) is 4.21 Å². The van der Waals surface area contributed by atoms with Gasteiger partial charge in [0.2, 0.25) is 0 Å². The molecule has 0 saturated heterocycles. The molecule has 20 heavy (non-hydrogen) atoms. The molecule has 1 aromatic rings. The van der Waals surface area contributed by atoms with Crippen LogP contribution in [0.3, 0.4) is 0 Å². The second kappa shape index (κ2) is 10.8. The lowest BCUT2D eigenvalue weighted by Gasteiger charge is -2.06. The number of benzene rings is 1. The smallest absolute Gasteiger partial charge is 0.357 e. The summed E-state index contributed by atoms with van der Waals surface area (Å²) in [5, 5.41) is 0. The Labute approximate surface area is 121 Å². The first-order chi connectivity index (χ1) is 9.72. The second-order valence-electron chi connectivity index (χ2n) is 3.91. The number of methoxy groups -OCH3 is 1. The molecule has 0 aromatic heterocycles. The molecular weight excluding hydrogens is 284 g/mol. The molecule has 1 rings (SSSR count). The highest BCUT2D eigenvalue weighted by Crippen LogP contribution is 2.13. The van der Waals surface area contributed by atoms with Crippen molar-refractivity contribution in [2.24, 2.45) is 0 Å². The number of rotatable bonds is 11. The molecule has 1 N–H and O–H groups in total. The zero-order valence-corrected chi connectivity index (χ0v) is 12.3. The van der Waals surface area contributed by atoms with Gasteiger partial charge in [0.15, 0.2) is 0 Å². The monoisotopic (exact) mass is 304 g/mol. The third-order valence-corrected chi connectivity index (χ3v) is 2.76. The lowest BCUT2D eigenvalue weighted by atomic mass is 10.1. The molecule has 0 amide bonds. The fourth-order valence-corrected chi connectivity index (χ4v) is 1.72. The Kier molecular flexibility index (Phi) is 9.18. The minimum absolute atomic E-state index is 0.363. The third-order valence-electron chi connectivity index (χ3n) is 2.43. The molecule has 1 atom stereocenters. The van der Waals surface area contributed by atoms with Gasteiger partial charge in [-0.3, -0.25) is 4.55 Å². The van der Waals surface area contributed by atoms with Crippen molar-refractivity contribution in [3.63, 3.8) is 0 Å². The molecule has 0 aliphatic carbocycles. The standard InChI is InChI=1S/C13H20O6S/c1-16-8-9-18-11-10-17-7-6-12-2-4-13(5-3-12)19-20(14)15/h2-5H,6-11H2,1H3,(H,14,15). The molecule has 0 aliphatic heterocycles. The van der Waals surface area contributed by atoms with E-state index in [1.54, 1.807) is 19.2 Å². The first-order valence-electron chi connectivity index (χ1n) is 6.25. The fourth-order valence-electron chi connectivity index (χ4n) is 1.45. The third kappa shape index (κ3) is 8.23. The zero-order chi connectivity index (χ0) is 14.6. The quantitative estimate of drug-likeness (QED) is 0.492. The molecule has 0 heterocycles. The van der Waals surface area contributed by atoms with E-state index in [-0.39, 0.29) is 0 Å². The van der Waals surface area contributed by atoms with Crippen LogP contribution in [0.15, 0.2) is 24.3 Å². The van der Waals surface area contributed by atoms with Crippen LogP contribution in [0.25, 0.3) is 0 Å². The van der Waals surface area contributed by atoms with Gasteiger partial charge in [-0.2, -0.15) is 4.21 Å². The fraction of sp³-hybridized carbons (Fsp3) is 0.538. The van der Waals surface area contributed by atoms with Gasteiger partial charge in [-0.15, -0.1) is 0 Å². The number of hydrogen-bond acceptors (Lipinski definition) is 5. The van der Waals surface area contributed by atoms with E-state index in [0.29, 0.717) is 38.8 Å². The molecule has 0 radical (unpaired) electrons. The maximum Gasteiger partial charge on any atom is 0.357 e. The minimum Gasteiger partial charge on any atom is -0.382 e. The summed E-state index contributed by atoms with van der Waals surface area (Å²) in [6.45, 7) is 2.87. The van der Waals surface area contributed by atoms with Gasteiger partial charge in [0, 0.05) is 7.11 Å². The van der Waals surface area contributed by atoms with E-state index < -0.39 is 11.4 Å². The average Bonchev–Trinajstić information content (AvgIpc) is 2.43. The minimum atomic E-state index is -2.28. The summed E-state index contributed by atoms with van der Waals surface area (Å²) < 4.78 is 39.2. The Morgan fingerprint density at radius 2 is 1.60 bits per heavy atom. The topological polar surface area (TPSA) is 74.2 Å². The largest absolute Gasteiger partial charge is 0.382 e. The molecule has 7 heteroatoms. The molecule has 1 unspecified atom stereocenters. The second-order valence-corrected chi connectivity index (χ2v) is 4.51. The van der Waals surface area contributed by atoms with Crippen molar-refractivity contribution in [2.75, 3.05) is 40.1 Å². The van der Waals surface area contributed by atoms with Crippen molar-refractivity contribution in [2.45, 2.75) is 6.42 Å². The van der Waals surface area contributed by atoms with Crippen LogP contribution in [0, 0.1) is 0 Å². The summed E-state index contributed by atoms with van der Waals surface area (Å²) in [7, 11) is 1.63. The van der Waals surface area contributed by atoms with Crippen molar-refractivity contribution in [3.8, 4) is 5.75 Å². The van der Waals surface area contributed by atoms with Gasteiger partial charge in [-0.05, 0) is 24.1 Å². The number of ether oxygens (including phenoxy) is 3. The lowest BCUT2D eigenvalue weighted by Crippen LogP contribution is -2.09. The van der Waals surface area contributed by atoms with E-state index in [1.807, 2.05) is 12.1 Å². The van der Waals surface area contributed by atoms with Crippen LogP contribution in [-0.4, -0.2) is 48.9 Å². The van der Waals surface area contributed by atoms with Crippen molar-refractivity contribution >= 4 is 11.4 Å². The summed E-state index contributed by atoms with van der Waals surface area (Å²) in [6, 6.07) is 6.97. The Morgan fingerprint density at radius 1 is 1.00 bits per heavy atom.